The molecule has 0 spiro atoms. The first-order chi connectivity index (χ1) is 9.57. The Morgan fingerprint density at radius 1 is 0.950 bits per heavy atom. The minimum atomic E-state index is 0.529. The van der Waals surface area contributed by atoms with Crippen LogP contribution in [0.1, 0.15) is 89.7 Å². The highest BCUT2D eigenvalue weighted by atomic mass is 14.7. The minimum absolute atomic E-state index is 0.529. The topological polar surface area (TPSA) is 12.4 Å². The van der Waals surface area contributed by atoms with Crippen LogP contribution in [0.4, 0.5) is 5.69 Å². The molecule has 0 aliphatic heterocycles. The Balaban J connectivity index is 2.82. The second-order valence-corrected chi connectivity index (χ2v) is 6.26. The number of hydrogen-bond donors (Lipinski definition) is 0. The van der Waals surface area contributed by atoms with Gasteiger partial charge < -0.3 is 0 Å². The van der Waals surface area contributed by atoms with Gasteiger partial charge in [0.05, 0.1) is 5.69 Å². The summed E-state index contributed by atoms with van der Waals surface area (Å²) in [6.45, 7) is 11.3. The number of para-hydroxylation sites is 1. The molecule has 20 heavy (non-hydrogen) atoms. The number of aliphatic imine (C=N–C) groups is 1. The molecule has 0 aromatic heterocycles. The average molecular weight is 273 g/mol. The molecule has 1 heteroatoms. The molecule has 1 aromatic rings. The Hall–Kier alpha value is -1.11. The second-order valence-electron chi connectivity index (χ2n) is 6.26. The fourth-order valence-electron chi connectivity index (χ4n) is 2.48. The zero-order valence-corrected chi connectivity index (χ0v) is 13.9. The first-order valence-electron chi connectivity index (χ1n) is 8.23. The van der Waals surface area contributed by atoms with Crippen molar-refractivity contribution >= 4 is 11.9 Å². The van der Waals surface area contributed by atoms with E-state index in [2.05, 4.69) is 59.0 Å². The van der Waals surface area contributed by atoms with E-state index in [0.717, 1.165) is 6.42 Å². The van der Waals surface area contributed by atoms with Crippen LogP contribution in [-0.4, -0.2) is 6.21 Å². The Morgan fingerprint density at radius 2 is 1.55 bits per heavy atom. The molecule has 112 valence electrons. The lowest BCUT2D eigenvalue weighted by Crippen LogP contribution is -1.95. The van der Waals surface area contributed by atoms with Gasteiger partial charge in [0.2, 0.25) is 0 Å². The maximum absolute atomic E-state index is 4.82. The summed E-state index contributed by atoms with van der Waals surface area (Å²) in [4.78, 5) is 4.82. The number of unbranched alkanes of at least 4 members (excludes halogenated alkanes) is 4. The van der Waals surface area contributed by atoms with Crippen LogP contribution in [0.3, 0.4) is 0 Å². The predicted octanol–water partition coefficient (Wildman–Crippen LogP) is 6.61. The number of hydrogen-bond acceptors (Lipinski definition) is 1. The van der Waals surface area contributed by atoms with Gasteiger partial charge in [-0.3, -0.25) is 4.99 Å². The number of benzene rings is 1. The van der Waals surface area contributed by atoms with Crippen LogP contribution < -0.4 is 0 Å². The maximum atomic E-state index is 4.82. The SMILES string of the molecule is CCCCCCC=Nc1c(C(C)C)cccc1C(C)C. The first kappa shape index (κ1) is 16.9. The van der Waals surface area contributed by atoms with Crippen molar-refractivity contribution in [2.45, 2.75) is 78.6 Å². The van der Waals surface area contributed by atoms with Crippen molar-refractivity contribution < 1.29 is 0 Å². The summed E-state index contributed by atoms with van der Waals surface area (Å²) in [6.07, 6.45) is 8.45. The molecule has 0 aliphatic rings. The Morgan fingerprint density at radius 3 is 2.05 bits per heavy atom. The molecule has 0 radical (unpaired) electrons. The third kappa shape index (κ3) is 5.11. The van der Waals surface area contributed by atoms with Gasteiger partial charge in [0.1, 0.15) is 0 Å². The summed E-state index contributed by atoms with van der Waals surface area (Å²) < 4.78 is 0. The summed E-state index contributed by atoms with van der Waals surface area (Å²) in [5.41, 5.74) is 3.97. The van der Waals surface area contributed by atoms with E-state index in [4.69, 9.17) is 4.99 Å². The third-order valence-corrected chi connectivity index (χ3v) is 3.75. The molecule has 0 saturated heterocycles. The molecule has 1 rings (SSSR count). The molecule has 0 atom stereocenters. The van der Waals surface area contributed by atoms with Crippen molar-refractivity contribution in [2.24, 2.45) is 4.99 Å². The summed E-state index contributed by atoms with van der Waals surface area (Å²) in [5.74, 6) is 1.06. The van der Waals surface area contributed by atoms with E-state index in [0.29, 0.717) is 11.8 Å². The van der Waals surface area contributed by atoms with E-state index >= 15 is 0 Å². The maximum Gasteiger partial charge on any atom is 0.0694 e. The lowest BCUT2D eigenvalue weighted by molar-refractivity contribution is 0.685. The summed E-state index contributed by atoms with van der Waals surface area (Å²) in [5, 5.41) is 0. The second kappa shape index (κ2) is 8.94. The van der Waals surface area contributed by atoms with E-state index < -0.39 is 0 Å². The van der Waals surface area contributed by atoms with Gasteiger partial charge in [-0.15, -0.1) is 0 Å². The quantitative estimate of drug-likeness (QED) is 0.373. The lowest BCUT2D eigenvalue weighted by Gasteiger charge is -2.16. The smallest absolute Gasteiger partial charge is 0.0694 e. The van der Waals surface area contributed by atoms with E-state index in [1.165, 1.54) is 42.5 Å². The molecular weight excluding hydrogens is 242 g/mol. The lowest BCUT2D eigenvalue weighted by atomic mass is 9.93. The molecule has 1 aromatic carbocycles. The molecule has 0 N–H and O–H groups in total. The first-order valence-corrected chi connectivity index (χ1v) is 8.23. The van der Waals surface area contributed by atoms with Crippen molar-refractivity contribution in [1.29, 1.82) is 0 Å². The van der Waals surface area contributed by atoms with Crippen molar-refractivity contribution in [1.82, 2.24) is 0 Å². The Bertz CT molecular complexity index is 390. The predicted molar refractivity (Wildman–Crippen MR) is 91.5 cm³/mol. The number of rotatable bonds is 8. The summed E-state index contributed by atoms with van der Waals surface area (Å²) >= 11 is 0. The van der Waals surface area contributed by atoms with Crippen LogP contribution in [-0.2, 0) is 0 Å². The zero-order valence-electron chi connectivity index (χ0n) is 13.9. The van der Waals surface area contributed by atoms with Crippen LogP contribution in [0.5, 0.6) is 0 Å². The van der Waals surface area contributed by atoms with E-state index in [1.54, 1.807) is 0 Å². The van der Waals surface area contributed by atoms with Crippen LogP contribution in [0.2, 0.25) is 0 Å². The molecule has 0 amide bonds. The fraction of sp³-hybridized carbons (Fsp3) is 0.632. The Labute approximate surface area is 125 Å². The summed E-state index contributed by atoms with van der Waals surface area (Å²) in [6, 6.07) is 6.62. The molecule has 0 unspecified atom stereocenters. The van der Waals surface area contributed by atoms with Gasteiger partial charge in [0.25, 0.3) is 0 Å². The van der Waals surface area contributed by atoms with E-state index in [1.807, 2.05) is 0 Å². The largest absolute Gasteiger partial charge is 0.261 e. The van der Waals surface area contributed by atoms with Gasteiger partial charge in [0.15, 0.2) is 0 Å². The van der Waals surface area contributed by atoms with Crippen molar-refractivity contribution in [3.05, 3.63) is 29.3 Å². The molecule has 1 nitrogen and oxygen atoms in total. The van der Waals surface area contributed by atoms with E-state index in [9.17, 15) is 0 Å². The fourth-order valence-corrected chi connectivity index (χ4v) is 2.48. The molecule has 0 bridgehead atoms. The molecule has 0 saturated carbocycles. The number of nitrogens with zero attached hydrogens (tertiary/aromatic N) is 1. The normalized spacial score (nSPS) is 11.9. The van der Waals surface area contributed by atoms with Crippen molar-refractivity contribution in [2.75, 3.05) is 0 Å². The van der Waals surface area contributed by atoms with Crippen molar-refractivity contribution in [3.63, 3.8) is 0 Å². The van der Waals surface area contributed by atoms with Crippen molar-refractivity contribution in [3.8, 4) is 0 Å². The molecule has 0 heterocycles. The average Bonchev–Trinajstić information content (AvgIpc) is 2.42. The molecule has 0 aliphatic carbocycles. The highest BCUT2D eigenvalue weighted by Crippen LogP contribution is 2.34. The van der Waals surface area contributed by atoms with Crippen LogP contribution in [0.25, 0.3) is 0 Å². The van der Waals surface area contributed by atoms with Gasteiger partial charge in [-0.1, -0.05) is 72.1 Å². The van der Waals surface area contributed by atoms with E-state index in [-0.39, 0.29) is 0 Å². The molecular formula is C19H31N. The third-order valence-electron chi connectivity index (χ3n) is 3.75. The minimum Gasteiger partial charge on any atom is -0.261 e. The van der Waals surface area contributed by atoms with Gasteiger partial charge >= 0.3 is 0 Å². The van der Waals surface area contributed by atoms with Crippen LogP contribution in [0.15, 0.2) is 23.2 Å². The van der Waals surface area contributed by atoms with Gasteiger partial charge in [-0.2, -0.15) is 0 Å². The van der Waals surface area contributed by atoms with Gasteiger partial charge in [-0.05, 0) is 35.8 Å². The summed E-state index contributed by atoms with van der Waals surface area (Å²) in [7, 11) is 0. The Kier molecular flexibility index (Phi) is 7.58. The van der Waals surface area contributed by atoms with Crippen LogP contribution >= 0.6 is 0 Å². The zero-order chi connectivity index (χ0) is 15.0. The van der Waals surface area contributed by atoms with Crippen LogP contribution in [0, 0.1) is 0 Å². The standard InChI is InChI=1S/C19H31N/c1-6-7-8-9-10-14-20-19-17(15(2)3)12-11-13-18(19)16(4)5/h11-16H,6-10H2,1-5H3. The van der Waals surface area contributed by atoms with Gasteiger partial charge in [-0.25, -0.2) is 0 Å². The monoisotopic (exact) mass is 273 g/mol. The molecule has 0 fully saturated rings. The highest BCUT2D eigenvalue weighted by molar-refractivity contribution is 5.67. The van der Waals surface area contributed by atoms with Gasteiger partial charge in [0, 0.05) is 6.21 Å². The highest BCUT2D eigenvalue weighted by Gasteiger charge is 2.12.